The summed E-state index contributed by atoms with van der Waals surface area (Å²) in [5.41, 5.74) is 4.64. The minimum absolute atomic E-state index is 0.0943. The highest BCUT2D eigenvalue weighted by Gasteiger charge is 2.14. The highest BCUT2D eigenvalue weighted by atomic mass is 32.1. The fraction of sp³-hybridized carbons (Fsp3) is 0.0870. The Morgan fingerprint density at radius 1 is 0.933 bits per heavy atom. The van der Waals surface area contributed by atoms with Crippen molar-refractivity contribution >= 4 is 52.5 Å². The maximum Gasteiger partial charge on any atom is 0.207 e. The number of hydrogen-bond donors (Lipinski definition) is 2. The number of aromatic nitrogens is 1. The molecule has 2 N–H and O–H groups in total. The van der Waals surface area contributed by atoms with Crippen LogP contribution in [0.2, 0.25) is 0 Å². The molecule has 1 aliphatic heterocycles. The fourth-order valence-corrected chi connectivity index (χ4v) is 5.26. The van der Waals surface area contributed by atoms with E-state index in [1.807, 2.05) is 24.3 Å². The standard InChI is InChI=1S/C23H17N3OS3/c1-12-3-5-15(9-13(12)2)18-7-8-19(29-18)21-24-16-6-4-14(10-17(16)25-21)11-20-22(27)26-23(28)30-20/h3-11,27H,1-2H3,(H,26,28)/b14-11-. The monoisotopic (exact) mass is 447 g/mol. The first-order valence-corrected chi connectivity index (χ1v) is 11.4. The summed E-state index contributed by atoms with van der Waals surface area (Å²) in [6.45, 7) is 4.26. The van der Waals surface area contributed by atoms with Crippen LogP contribution < -0.4 is 10.6 Å². The van der Waals surface area contributed by atoms with Crippen LogP contribution in [0.4, 0.5) is 5.69 Å². The number of nitrogens with zero attached hydrogens (tertiary/aromatic N) is 2. The second-order valence-electron chi connectivity index (χ2n) is 7.13. The summed E-state index contributed by atoms with van der Waals surface area (Å²) in [7, 11) is 0. The van der Waals surface area contributed by atoms with Crippen LogP contribution >= 0.6 is 34.9 Å². The number of rotatable bonds is 3. The molecule has 0 bridgehead atoms. The number of aromatic amines is 1. The minimum atomic E-state index is 0.0943. The van der Waals surface area contributed by atoms with Gasteiger partial charge in [-0.15, -0.1) is 22.7 Å². The molecule has 0 spiro atoms. The molecule has 3 heterocycles. The van der Waals surface area contributed by atoms with Crippen LogP contribution in [0.1, 0.15) is 20.9 Å². The molecule has 0 fully saturated rings. The molecule has 0 atom stereocenters. The first kappa shape index (κ1) is 19.1. The molecule has 148 valence electrons. The molecule has 0 aliphatic carbocycles. The van der Waals surface area contributed by atoms with E-state index in [1.165, 1.54) is 32.9 Å². The Labute approximate surface area is 186 Å². The van der Waals surface area contributed by atoms with Gasteiger partial charge in [-0.3, -0.25) is 0 Å². The van der Waals surface area contributed by atoms with Crippen molar-refractivity contribution in [2.75, 3.05) is 0 Å². The molecular weight excluding hydrogens is 430 g/mol. The Morgan fingerprint density at radius 2 is 1.77 bits per heavy atom. The molecule has 0 saturated carbocycles. The van der Waals surface area contributed by atoms with E-state index in [1.54, 1.807) is 11.3 Å². The lowest BCUT2D eigenvalue weighted by molar-refractivity contribution is 0.456. The van der Waals surface area contributed by atoms with Gasteiger partial charge in [0.1, 0.15) is 0 Å². The predicted octanol–water partition coefficient (Wildman–Crippen LogP) is 5.40. The fourth-order valence-electron chi connectivity index (χ4n) is 3.27. The van der Waals surface area contributed by atoms with E-state index in [0.717, 1.165) is 27.0 Å². The van der Waals surface area contributed by atoms with Crippen molar-refractivity contribution in [1.29, 1.82) is 0 Å². The van der Waals surface area contributed by atoms with Crippen molar-refractivity contribution < 1.29 is 5.11 Å². The number of hydrogen-bond acceptors (Lipinski definition) is 6. The summed E-state index contributed by atoms with van der Waals surface area (Å²) >= 11 is 8.12. The Hall–Kier alpha value is -2.87. The quantitative estimate of drug-likeness (QED) is 0.413. The predicted molar refractivity (Wildman–Crippen MR) is 127 cm³/mol. The van der Waals surface area contributed by atoms with Crippen molar-refractivity contribution in [1.82, 2.24) is 4.98 Å². The first-order chi connectivity index (χ1) is 14.5. The third kappa shape index (κ3) is 3.56. The maximum absolute atomic E-state index is 9.92. The molecule has 2 aromatic heterocycles. The highest BCUT2D eigenvalue weighted by Crippen LogP contribution is 2.31. The Bertz CT molecular complexity index is 1510. The smallest absolute Gasteiger partial charge is 0.207 e. The molecule has 2 aromatic carbocycles. The van der Waals surface area contributed by atoms with Gasteiger partial charge < -0.3 is 10.1 Å². The third-order valence-corrected chi connectivity index (χ3v) is 7.33. The molecule has 0 radical (unpaired) electrons. The van der Waals surface area contributed by atoms with Gasteiger partial charge in [0, 0.05) is 4.88 Å². The largest absolute Gasteiger partial charge is 0.494 e. The van der Waals surface area contributed by atoms with Crippen molar-refractivity contribution in [3.8, 4) is 16.3 Å². The zero-order valence-electron chi connectivity index (χ0n) is 16.3. The van der Waals surface area contributed by atoms with E-state index >= 15 is 0 Å². The summed E-state index contributed by atoms with van der Waals surface area (Å²) in [6.07, 6.45) is 1.89. The zero-order valence-corrected chi connectivity index (χ0v) is 18.7. The van der Waals surface area contributed by atoms with E-state index in [2.05, 4.69) is 49.2 Å². The molecule has 30 heavy (non-hydrogen) atoms. The summed E-state index contributed by atoms with van der Waals surface area (Å²) in [5, 5.41) is 11.7. The minimum Gasteiger partial charge on any atom is -0.494 e. The van der Waals surface area contributed by atoms with Crippen molar-refractivity contribution in [3.63, 3.8) is 0 Å². The average Bonchev–Trinajstić information content (AvgIpc) is 3.42. The Kier molecular flexibility index (Phi) is 4.73. The van der Waals surface area contributed by atoms with Gasteiger partial charge in [0.25, 0.3) is 0 Å². The summed E-state index contributed by atoms with van der Waals surface area (Å²) in [5.74, 6) is 0.833. The van der Waals surface area contributed by atoms with Gasteiger partial charge >= 0.3 is 0 Å². The second kappa shape index (κ2) is 7.43. The lowest BCUT2D eigenvalue weighted by Crippen LogP contribution is -2.07. The lowest BCUT2D eigenvalue weighted by atomic mass is 10.1. The van der Waals surface area contributed by atoms with Gasteiger partial charge in [-0.25, -0.2) is 9.98 Å². The molecule has 4 nitrogen and oxygen atoms in total. The van der Waals surface area contributed by atoms with Crippen molar-refractivity contribution in [3.05, 3.63) is 83.9 Å². The van der Waals surface area contributed by atoms with E-state index in [0.29, 0.717) is 8.83 Å². The van der Waals surface area contributed by atoms with E-state index in [4.69, 9.17) is 22.2 Å². The van der Waals surface area contributed by atoms with Crippen LogP contribution in [-0.2, 0) is 0 Å². The molecule has 4 aromatic rings. The molecule has 0 saturated heterocycles. The molecule has 1 aliphatic rings. The van der Waals surface area contributed by atoms with Crippen LogP contribution in [0.3, 0.4) is 0 Å². The summed E-state index contributed by atoms with van der Waals surface area (Å²) < 4.78 is 0.549. The van der Waals surface area contributed by atoms with Crippen LogP contribution in [0, 0.1) is 17.8 Å². The van der Waals surface area contributed by atoms with Gasteiger partial charge in [0.15, 0.2) is 9.79 Å². The number of benzene rings is 2. The van der Waals surface area contributed by atoms with Gasteiger partial charge in [0.2, 0.25) is 5.88 Å². The van der Waals surface area contributed by atoms with E-state index < -0.39 is 0 Å². The summed E-state index contributed by atoms with van der Waals surface area (Å²) in [4.78, 5) is 15.2. The SMILES string of the molecule is Cc1ccc(-c2ccc(C3=Nc4c/c(=C\c5sc(=S)[nH]c5O)ccc4=N3)s2)cc1C. The van der Waals surface area contributed by atoms with Crippen molar-refractivity contribution in [2.45, 2.75) is 13.8 Å². The number of thiophene rings is 1. The number of aryl methyl sites for hydroxylation is 2. The number of aliphatic imine (C=N–C) groups is 1. The second-order valence-corrected chi connectivity index (χ2v) is 9.93. The van der Waals surface area contributed by atoms with Gasteiger partial charge in [-0.2, -0.15) is 0 Å². The third-order valence-electron chi connectivity index (χ3n) is 5.02. The van der Waals surface area contributed by atoms with Crippen LogP contribution in [0.15, 0.2) is 58.5 Å². The molecule has 0 amide bonds. The van der Waals surface area contributed by atoms with Crippen LogP contribution in [-0.4, -0.2) is 15.9 Å². The molecular formula is C23H17N3OS3. The zero-order chi connectivity index (χ0) is 20.8. The summed E-state index contributed by atoms with van der Waals surface area (Å²) in [6, 6.07) is 16.7. The molecule has 7 heteroatoms. The normalized spacial score (nSPS) is 13.3. The Morgan fingerprint density at radius 3 is 2.53 bits per heavy atom. The maximum atomic E-state index is 9.92. The number of fused-ring (bicyclic) bond motifs is 1. The number of thiazole rings is 1. The van der Waals surface area contributed by atoms with Crippen LogP contribution in [0.25, 0.3) is 16.5 Å². The topological polar surface area (TPSA) is 60.7 Å². The van der Waals surface area contributed by atoms with Crippen LogP contribution in [0.5, 0.6) is 5.88 Å². The van der Waals surface area contributed by atoms with Crippen molar-refractivity contribution in [2.24, 2.45) is 9.98 Å². The van der Waals surface area contributed by atoms with E-state index in [9.17, 15) is 5.11 Å². The number of nitrogens with one attached hydrogen (secondary N) is 1. The number of amidine groups is 1. The molecule has 5 rings (SSSR count). The average molecular weight is 448 g/mol. The highest BCUT2D eigenvalue weighted by molar-refractivity contribution is 7.73. The lowest BCUT2D eigenvalue weighted by Gasteiger charge is -2.02. The first-order valence-electron chi connectivity index (χ1n) is 9.35. The van der Waals surface area contributed by atoms with Gasteiger partial charge in [-0.05, 0) is 78.3 Å². The number of H-pyrrole nitrogens is 1. The molecule has 0 unspecified atom stereocenters. The number of aromatic hydroxyl groups is 1. The van der Waals surface area contributed by atoms with Gasteiger partial charge in [0.05, 0.1) is 20.8 Å². The van der Waals surface area contributed by atoms with E-state index in [-0.39, 0.29) is 5.88 Å². The van der Waals surface area contributed by atoms with Gasteiger partial charge in [-0.1, -0.05) is 24.3 Å². The Balaban J connectivity index is 1.48.